The molecule has 3 aromatic rings. The first-order valence-electron chi connectivity index (χ1n) is 8.47. The maximum absolute atomic E-state index is 12.4. The van der Waals surface area contributed by atoms with Crippen molar-refractivity contribution in [2.45, 2.75) is 27.7 Å². The van der Waals surface area contributed by atoms with Crippen LogP contribution in [0.3, 0.4) is 0 Å². The van der Waals surface area contributed by atoms with Gasteiger partial charge >= 0.3 is 0 Å². The number of hydrogen-bond donors (Lipinski definition) is 2. The maximum atomic E-state index is 12.4. The van der Waals surface area contributed by atoms with Gasteiger partial charge in [-0.15, -0.1) is 0 Å². The van der Waals surface area contributed by atoms with Crippen LogP contribution in [0.15, 0.2) is 48.8 Å². The lowest BCUT2D eigenvalue weighted by Gasteiger charge is -2.11. The number of nitrogens with one attached hydrogen (secondary N) is 2. The van der Waals surface area contributed by atoms with E-state index in [-0.39, 0.29) is 5.91 Å². The predicted molar refractivity (Wildman–Crippen MR) is 105 cm³/mol. The average molecular weight is 346 g/mol. The van der Waals surface area contributed by atoms with E-state index in [2.05, 4.69) is 26.7 Å². The first kappa shape index (κ1) is 17.6. The molecule has 0 atom stereocenters. The smallest absolute Gasteiger partial charge is 0.258 e. The van der Waals surface area contributed by atoms with Crippen molar-refractivity contribution < 1.29 is 4.79 Å². The number of carbonyl (C=O) groups excluding carboxylic acids is 1. The van der Waals surface area contributed by atoms with E-state index < -0.39 is 0 Å². The molecule has 1 amide bonds. The number of benzene rings is 2. The van der Waals surface area contributed by atoms with E-state index in [1.165, 1.54) is 12.4 Å². The Morgan fingerprint density at radius 1 is 0.885 bits per heavy atom. The summed E-state index contributed by atoms with van der Waals surface area (Å²) in [5.41, 5.74) is 6.60. The van der Waals surface area contributed by atoms with Crippen molar-refractivity contribution >= 4 is 23.2 Å². The zero-order valence-electron chi connectivity index (χ0n) is 15.4. The van der Waals surface area contributed by atoms with Crippen LogP contribution in [-0.2, 0) is 0 Å². The number of carbonyl (C=O) groups is 1. The number of aryl methyl sites for hydroxylation is 4. The summed E-state index contributed by atoms with van der Waals surface area (Å²) in [5, 5.41) is 6.11. The highest BCUT2D eigenvalue weighted by Gasteiger charge is 2.09. The number of amides is 1. The SMILES string of the molecule is Cc1cc(C)cc(NC(=O)c2cnc(Nc3c(C)cccc3C)nc2)c1. The number of nitrogens with zero attached hydrogens (tertiary/aromatic N) is 2. The highest BCUT2D eigenvalue weighted by atomic mass is 16.1. The van der Waals surface area contributed by atoms with E-state index in [0.717, 1.165) is 33.6 Å². The number of aromatic nitrogens is 2. The van der Waals surface area contributed by atoms with Crippen LogP contribution in [0.4, 0.5) is 17.3 Å². The van der Waals surface area contributed by atoms with Crippen LogP contribution in [0, 0.1) is 27.7 Å². The molecule has 0 aliphatic rings. The fraction of sp³-hybridized carbons (Fsp3) is 0.190. The average Bonchev–Trinajstić information content (AvgIpc) is 2.58. The van der Waals surface area contributed by atoms with E-state index in [1.54, 1.807) is 0 Å². The number of anilines is 3. The third kappa shape index (κ3) is 4.06. The van der Waals surface area contributed by atoms with E-state index in [0.29, 0.717) is 11.5 Å². The predicted octanol–water partition coefficient (Wildman–Crippen LogP) is 4.71. The number of hydrogen-bond acceptors (Lipinski definition) is 4. The lowest BCUT2D eigenvalue weighted by molar-refractivity contribution is 0.102. The van der Waals surface area contributed by atoms with Crippen molar-refractivity contribution in [2.24, 2.45) is 0 Å². The molecule has 0 saturated carbocycles. The van der Waals surface area contributed by atoms with Gasteiger partial charge in [0.1, 0.15) is 0 Å². The van der Waals surface area contributed by atoms with Crippen molar-refractivity contribution in [1.82, 2.24) is 9.97 Å². The largest absolute Gasteiger partial charge is 0.324 e. The fourth-order valence-corrected chi connectivity index (χ4v) is 2.88. The van der Waals surface area contributed by atoms with Crippen LogP contribution in [-0.4, -0.2) is 15.9 Å². The van der Waals surface area contributed by atoms with E-state index >= 15 is 0 Å². The van der Waals surface area contributed by atoms with Crippen LogP contribution in [0.5, 0.6) is 0 Å². The van der Waals surface area contributed by atoms with E-state index in [9.17, 15) is 4.79 Å². The Bertz CT molecular complexity index is 908. The molecular weight excluding hydrogens is 324 g/mol. The summed E-state index contributed by atoms with van der Waals surface area (Å²) in [4.78, 5) is 20.9. The minimum Gasteiger partial charge on any atom is -0.324 e. The van der Waals surface area contributed by atoms with Crippen molar-refractivity contribution in [3.8, 4) is 0 Å². The van der Waals surface area contributed by atoms with Gasteiger partial charge < -0.3 is 10.6 Å². The molecule has 5 heteroatoms. The second kappa shape index (κ2) is 7.35. The molecule has 0 aliphatic carbocycles. The van der Waals surface area contributed by atoms with Crippen LogP contribution < -0.4 is 10.6 Å². The second-order valence-corrected chi connectivity index (χ2v) is 6.52. The summed E-state index contributed by atoms with van der Waals surface area (Å²) in [5.74, 6) is 0.235. The van der Waals surface area contributed by atoms with Gasteiger partial charge in [-0.2, -0.15) is 0 Å². The Labute approximate surface area is 153 Å². The highest BCUT2D eigenvalue weighted by Crippen LogP contribution is 2.22. The molecule has 5 nitrogen and oxygen atoms in total. The first-order chi connectivity index (χ1) is 12.4. The van der Waals surface area contributed by atoms with Gasteiger partial charge in [0, 0.05) is 23.8 Å². The molecule has 132 valence electrons. The molecule has 2 N–H and O–H groups in total. The molecule has 0 aliphatic heterocycles. The molecule has 1 heterocycles. The van der Waals surface area contributed by atoms with Gasteiger partial charge in [-0.1, -0.05) is 24.3 Å². The standard InChI is InChI=1S/C21H22N4O/c1-13-8-14(2)10-18(9-13)24-20(26)17-11-22-21(23-12-17)25-19-15(3)6-5-7-16(19)4/h5-12H,1-4H3,(H,24,26)(H,22,23,25). The molecule has 0 spiro atoms. The minimum absolute atomic E-state index is 0.228. The lowest BCUT2D eigenvalue weighted by Crippen LogP contribution is -2.13. The molecule has 0 saturated heterocycles. The van der Waals surface area contributed by atoms with Gasteiger partial charge in [-0.3, -0.25) is 4.79 Å². The molecule has 0 unspecified atom stereocenters. The summed E-state index contributed by atoms with van der Waals surface area (Å²) < 4.78 is 0. The third-order valence-electron chi connectivity index (χ3n) is 4.11. The van der Waals surface area contributed by atoms with Crippen LogP contribution in [0.2, 0.25) is 0 Å². The van der Waals surface area contributed by atoms with Crippen LogP contribution in [0.1, 0.15) is 32.6 Å². The molecule has 0 bridgehead atoms. The van der Waals surface area contributed by atoms with E-state index in [1.807, 2.05) is 58.0 Å². The first-order valence-corrected chi connectivity index (χ1v) is 8.47. The van der Waals surface area contributed by atoms with Crippen molar-refractivity contribution in [3.63, 3.8) is 0 Å². The molecule has 2 aromatic carbocycles. The van der Waals surface area contributed by atoms with Gasteiger partial charge in [0.15, 0.2) is 0 Å². The van der Waals surface area contributed by atoms with Gasteiger partial charge in [0.2, 0.25) is 5.95 Å². The molecule has 1 aromatic heterocycles. The van der Waals surface area contributed by atoms with Gasteiger partial charge in [0.25, 0.3) is 5.91 Å². The summed E-state index contributed by atoms with van der Waals surface area (Å²) in [7, 11) is 0. The normalized spacial score (nSPS) is 10.5. The summed E-state index contributed by atoms with van der Waals surface area (Å²) in [6.07, 6.45) is 3.06. The van der Waals surface area contributed by atoms with Crippen molar-refractivity contribution in [2.75, 3.05) is 10.6 Å². The second-order valence-electron chi connectivity index (χ2n) is 6.52. The Balaban J connectivity index is 1.73. The van der Waals surface area contributed by atoms with Crippen molar-refractivity contribution in [1.29, 1.82) is 0 Å². The Hall–Kier alpha value is -3.21. The Kier molecular flexibility index (Phi) is 4.98. The van der Waals surface area contributed by atoms with Gasteiger partial charge in [-0.25, -0.2) is 9.97 Å². The maximum Gasteiger partial charge on any atom is 0.258 e. The fourth-order valence-electron chi connectivity index (χ4n) is 2.88. The quantitative estimate of drug-likeness (QED) is 0.718. The highest BCUT2D eigenvalue weighted by molar-refractivity contribution is 6.04. The van der Waals surface area contributed by atoms with Gasteiger partial charge in [0.05, 0.1) is 5.56 Å². The van der Waals surface area contributed by atoms with Crippen molar-refractivity contribution in [3.05, 3.63) is 76.6 Å². The molecule has 0 fully saturated rings. The zero-order chi connectivity index (χ0) is 18.7. The Morgan fingerprint density at radius 2 is 1.46 bits per heavy atom. The third-order valence-corrected chi connectivity index (χ3v) is 4.11. The van der Waals surface area contributed by atoms with Crippen LogP contribution >= 0.6 is 0 Å². The zero-order valence-corrected chi connectivity index (χ0v) is 15.4. The van der Waals surface area contributed by atoms with Gasteiger partial charge in [-0.05, 0) is 62.1 Å². The minimum atomic E-state index is -0.228. The summed E-state index contributed by atoms with van der Waals surface area (Å²) >= 11 is 0. The molecule has 26 heavy (non-hydrogen) atoms. The summed E-state index contributed by atoms with van der Waals surface area (Å²) in [6.45, 7) is 8.06. The van der Waals surface area contributed by atoms with Crippen LogP contribution in [0.25, 0.3) is 0 Å². The Morgan fingerprint density at radius 3 is 2.04 bits per heavy atom. The molecule has 3 rings (SSSR count). The summed E-state index contributed by atoms with van der Waals surface area (Å²) in [6, 6.07) is 12.0. The molecule has 0 radical (unpaired) electrons. The monoisotopic (exact) mass is 346 g/mol. The number of rotatable bonds is 4. The lowest BCUT2D eigenvalue weighted by atomic mass is 10.1. The molecular formula is C21H22N4O. The number of para-hydroxylation sites is 1. The topological polar surface area (TPSA) is 66.9 Å². The van der Waals surface area contributed by atoms with E-state index in [4.69, 9.17) is 0 Å².